The summed E-state index contributed by atoms with van der Waals surface area (Å²) in [7, 11) is 0. The molecular formula is C20H18F3N7O3. The van der Waals surface area contributed by atoms with Gasteiger partial charge in [-0.2, -0.15) is 18.3 Å². The van der Waals surface area contributed by atoms with Crippen LogP contribution in [0.5, 0.6) is 0 Å². The van der Waals surface area contributed by atoms with Gasteiger partial charge in [0.25, 0.3) is 0 Å². The summed E-state index contributed by atoms with van der Waals surface area (Å²) in [5, 5.41) is 21.7. The summed E-state index contributed by atoms with van der Waals surface area (Å²) in [6, 6.07) is 4.33. The Morgan fingerprint density at radius 3 is 2.76 bits per heavy atom. The maximum absolute atomic E-state index is 13.5. The molecule has 1 aliphatic heterocycles. The molecule has 172 valence electrons. The number of hydrogen-bond acceptors (Lipinski definition) is 7. The van der Waals surface area contributed by atoms with Gasteiger partial charge in [0.15, 0.2) is 0 Å². The lowest BCUT2D eigenvalue weighted by Gasteiger charge is -2.32. The summed E-state index contributed by atoms with van der Waals surface area (Å²) >= 11 is 0. The fourth-order valence-electron chi connectivity index (χ4n) is 3.86. The second-order valence-electron chi connectivity index (χ2n) is 8.20. The molecule has 1 aliphatic rings. The predicted molar refractivity (Wildman–Crippen MR) is 105 cm³/mol. The molecular weight excluding hydrogens is 443 g/mol. The molecule has 0 spiro atoms. The lowest BCUT2D eigenvalue weighted by molar-refractivity contribution is -0.142. The number of aromatic nitrogens is 6. The Kier molecular flexibility index (Phi) is 4.57. The number of H-pyrrole nitrogens is 1. The molecule has 0 aliphatic carbocycles. The molecule has 13 heteroatoms. The van der Waals surface area contributed by atoms with Crippen LogP contribution in [0.15, 0.2) is 35.0 Å². The number of rotatable bonds is 3. The summed E-state index contributed by atoms with van der Waals surface area (Å²) in [6.45, 7) is 3.08. The first-order chi connectivity index (χ1) is 15.5. The predicted octanol–water partition coefficient (Wildman–Crippen LogP) is 2.47. The van der Waals surface area contributed by atoms with Gasteiger partial charge in [0, 0.05) is 18.7 Å². The molecule has 10 nitrogen and oxygen atoms in total. The fourth-order valence-corrected chi connectivity index (χ4v) is 3.86. The van der Waals surface area contributed by atoms with Crippen molar-refractivity contribution in [2.24, 2.45) is 0 Å². The van der Waals surface area contributed by atoms with Crippen LogP contribution in [0.3, 0.4) is 0 Å². The Morgan fingerprint density at radius 2 is 2.06 bits per heavy atom. The number of aromatic amines is 1. The van der Waals surface area contributed by atoms with Crippen LogP contribution in [0, 0.1) is 0 Å². The van der Waals surface area contributed by atoms with Crippen LogP contribution in [0.4, 0.5) is 13.2 Å². The second kappa shape index (κ2) is 7.13. The lowest BCUT2D eigenvalue weighted by atomic mass is 9.99. The average Bonchev–Trinajstić information content (AvgIpc) is 3.49. The van der Waals surface area contributed by atoms with E-state index in [4.69, 9.17) is 4.42 Å². The van der Waals surface area contributed by atoms with Gasteiger partial charge in [-0.15, -0.1) is 10.2 Å². The fraction of sp³-hybridized carbons (Fsp3) is 0.350. The lowest BCUT2D eigenvalue weighted by Crippen LogP contribution is -2.41. The van der Waals surface area contributed by atoms with Crippen LogP contribution in [0.2, 0.25) is 0 Å². The van der Waals surface area contributed by atoms with E-state index in [-0.39, 0.29) is 29.5 Å². The second-order valence-corrected chi connectivity index (χ2v) is 8.20. The molecule has 5 heterocycles. The van der Waals surface area contributed by atoms with Gasteiger partial charge in [-0.05, 0) is 32.0 Å². The zero-order chi connectivity index (χ0) is 23.5. The zero-order valence-corrected chi connectivity index (χ0v) is 17.5. The number of imidazole rings is 1. The van der Waals surface area contributed by atoms with Gasteiger partial charge in [-0.25, -0.2) is 9.50 Å². The van der Waals surface area contributed by atoms with Crippen molar-refractivity contribution in [3.63, 3.8) is 0 Å². The van der Waals surface area contributed by atoms with E-state index in [0.29, 0.717) is 12.1 Å². The molecule has 4 aromatic rings. The molecule has 0 aromatic carbocycles. The van der Waals surface area contributed by atoms with Crippen molar-refractivity contribution < 1.29 is 27.5 Å². The summed E-state index contributed by atoms with van der Waals surface area (Å²) < 4.78 is 46.7. The molecule has 1 atom stereocenters. The Morgan fingerprint density at radius 1 is 1.27 bits per heavy atom. The molecule has 1 unspecified atom stereocenters. The number of nitrogens with one attached hydrogen (secondary N) is 1. The smallest absolute Gasteiger partial charge is 0.414 e. The number of aliphatic hydroxyl groups is 1. The van der Waals surface area contributed by atoms with Gasteiger partial charge >= 0.3 is 18.0 Å². The van der Waals surface area contributed by atoms with Gasteiger partial charge in [0.2, 0.25) is 5.89 Å². The van der Waals surface area contributed by atoms with E-state index in [2.05, 4.69) is 25.3 Å². The molecule has 5 rings (SSSR count). The van der Waals surface area contributed by atoms with Gasteiger partial charge < -0.3 is 19.4 Å². The zero-order valence-electron chi connectivity index (χ0n) is 17.5. The minimum Gasteiger partial charge on any atom is -0.414 e. The van der Waals surface area contributed by atoms with Crippen molar-refractivity contribution >= 4 is 11.4 Å². The summed E-state index contributed by atoms with van der Waals surface area (Å²) in [4.78, 5) is 22.0. The number of nitrogens with zero attached hydrogens (tertiary/aromatic N) is 6. The maximum Gasteiger partial charge on any atom is 0.433 e. The number of amides is 1. The first-order valence-electron chi connectivity index (χ1n) is 9.99. The summed E-state index contributed by atoms with van der Waals surface area (Å²) in [6.07, 6.45) is -2.72. The third kappa shape index (κ3) is 3.53. The average molecular weight is 461 g/mol. The van der Waals surface area contributed by atoms with Crippen molar-refractivity contribution in [1.82, 2.24) is 34.7 Å². The number of carbonyl (C=O) groups excluding carboxylic acids is 1. The minimum atomic E-state index is -4.61. The third-order valence-corrected chi connectivity index (χ3v) is 5.39. The number of halogens is 3. The third-order valence-electron chi connectivity index (χ3n) is 5.39. The molecule has 0 radical (unpaired) electrons. The Labute approximate surface area is 184 Å². The highest BCUT2D eigenvalue weighted by Crippen LogP contribution is 2.36. The van der Waals surface area contributed by atoms with Crippen molar-refractivity contribution in [1.29, 1.82) is 0 Å². The van der Waals surface area contributed by atoms with Crippen LogP contribution in [0.25, 0.3) is 5.52 Å². The molecule has 0 saturated heterocycles. The van der Waals surface area contributed by atoms with Gasteiger partial charge in [-0.1, -0.05) is 6.07 Å². The highest BCUT2D eigenvalue weighted by molar-refractivity contribution is 5.90. The Bertz CT molecular complexity index is 1350. The molecule has 2 N–H and O–H groups in total. The molecule has 0 saturated carbocycles. The van der Waals surface area contributed by atoms with Crippen LogP contribution in [-0.4, -0.2) is 52.2 Å². The molecule has 4 aromatic heterocycles. The van der Waals surface area contributed by atoms with E-state index < -0.39 is 29.4 Å². The van der Waals surface area contributed by atoms with E-state index in [9.17, 15) is 23.1 Å². The first-order valence-corrected chi connectivity index (χ1v) is 9.99. The van der Waals surface area contributed by atoms with Crippen molar-refractivity contribution in [2.45, 2.75) is 38.1 Å². The minimum absolute atomic E-state index is 0.137. The monoisotopic (exact) mass is 461 g/mol. The SMILES string of the molecule is CC(C)(O)c1nnc(C(=O)N2CCc3[nH]cnc3C2c2cc3cccc(C(F)(F)F)n3n2)o1. The van der Waals surface area contributed by atoms with Crippen LogP contribution >= 0.6 is 0 Å². The number of alkyl halides is 3. The van der Waals surface area contributed by atoms with E-state index >= 15 is 0 Å². The number of hydrogen-bond donors (Lipinski definition) is 2. The van der Waals surface area contributed by atoms with Crippen molar-refractivity contribution in [3.05, 3.63) is 65.1 Å². The molecule has 0 fully saturated rings. The topological polar surface area (TPSA) is 125 Å². The highest BCUT2D eigenvalue weighted by Gasteiger charge is 2.40. The van der Waals surface area contributed by atoms with Crippen molar-refractivity contribution in [2.75, 3.05) is 6.54 Å². The summed E-state index contributed by atoms with van der Waals surface area (Å²) in [5.41, 5.74) is -0.743. The van der Waals surface area contributed by atoms with E-state index in [1.807, 2.05) is 0 Å². The van der Waals surface area contributed by atoms with Crippen LogP contribution in [-0.2, 0) is 18.2 Å². The van der Waals surface area contributed by atoms with E-state index in [1.165, 1.54) is 43.3 Å². The van der Waals surface area contributed by atoms with Crippen LogP contribution in [0.1, 0.15) is 59.2 Å². The van der Waals surface area contributed by atoms with E-state index in [1.54, 1.807) is 0 Å². The molecule has 0 bridgehead atoms. The van der Waals surface area contributed by atoms with Gasteiger partial charge in [-0.3, -0.25) is 4.79 Å². The highest BCUT2D eigenvalue weighted by atomic mass is 19.4. The van der Waals surface area contributed by atoms with Crippen LogP contribution < -0.4 is 0 Å². The molecule has 33 heavy (non-hydrogen) atoms. The maximum atomic E-state index is 13.5. The first kappa shape index (κ1) is 21.1. The van der Waals surface area contributed by atoms with Gasteiger partial charge in [0.05, 0.1) is 23.2 Å². The normalized spacial score (nSPS) is 16.9. The number of carbonyl (C=O) groups is 1. The standard InChI is InChI=1S/C20H18F3N7O3/c1-19(2,32)18-27-26-16(33-18)17(31)29-7-6-11-14(25-9-24-11)15(29)12-8-10-4-3-5-13(20(21,22)23)30(10)28-12/h3-5,8-9,15,32H,6-7H2,1-2H3,(H,24,25). The van der Waals surface area contributed by atoms with Crippen molar-refractivity contribution in [3.8, 4) is 0 Å². The quantitative estimate of drug-likeness (QED) is 0.480. The Hall–Kier alpha value is -3.74. The van der Waals surface area contributed by atoms with E-state index in [0.717, 1.165) is 16.3 Å². The number of fused-ring (bicyclic) bond motifs is 2. The van der Waals surface area contributed by atoms with Gasteiger partial charge in [0.1, 0.15) is 17.3 Å². The Balaban J connectivity index is 1.61. The number of pyridine rings is 1. The largest absolute Gasteiger partial charge is 0.433 e. The summed E-state index contributed by atoms with van der Waals surface area (Å²) in [5.74, 6) is -1.14. The molecule has 1 amide bonds.